The first-order valence-corrected chi connectivity index (χ1v) is 6.44. The molecule has 0 atom stereocenters. The molecule has 0 bridgehead atoms. The summed E-state index contributed by atoms with van der Waals surface area (Å²) < 4.78 is 41.8. The lowest BCUT2D eigenvalue weighted by atomic mass is 10.0. The van der Waals surface area contributed by atoms with Crippen LogP contribution in [0.4, 0.5) is 13.2 Å². The molecule has 0 aliphatic carbocycles. The molecular formula is C17H13F3O2. The van der Waals surface area contributed by atoms with Crippen LogP contribution in [0.15, 0.2) is 60.7 Å². The largest absolute Gasteiger partial charge is 0.496 e. The van der Waals surface area contributed by atoms with E-state index in [0.29, 0.717) is 11.6 Å². The third kappa shape index (κ3) is 3.75. The molecule has 22 heavy (non-hydrogen) atoms. The summed E-state index contributed by atoms with van der Waals surface area (Å²) in [6, 6.07) is 16.3. The minimum absolute atomic E-state index is 0.123. The standard InChI is InChI=1S/C17H13F3O2/c1-22-15(11-16(21)17(18,19)20)14-9-7-13(8-10-14)12-5-3-2-4-6-12/h2-11H,1H3/b15-11-. The van der Waals surface area contributed by atoms with E-state index in [9.17, 15) is 18.0 Å². The van der Waals surface area contributed by atoms with Gasteiger partial charge in [0.1, 0.15) is 5.76 Å². The SMILES string of the molecule is CO/C(=C\C(=O)C(F)(F)F)c1ccc(-c2ccccc2)cc1. The number of ether oxygens (including phenoxy) is 1. The van der Waals surface area contributed by atoms with Gasteiger partial charge in [0.25, 0.3) is 5.78 Å². The molecule has 0 saturated heterocycles. The summed E-state index contributed by atoms with van der Waals surface area (Å²) >= 11 is 0. The van der Waals surface area contributed by atoms with Crippen LogP contribution in [0.25, 0.3) is 16.9 Å². The number of hydrogen-bond acceptors (Lipinski definition) is 2. The fraction of sp³-hybridized carbons (Fsp3) is 0.118. The van der Waals surface area contributed by atoms with Gasteiger partial charge >= 0.3 is 6.18 Å². The highest BCUT2D eigenvalue weighted by molar-refractivity contribution is 5.99. The monoisotopic (exact) mass is 306 g/mol. The molecule has 2 nitrogen and oxygen atoms in total. The molecule has 0 heterocycles. The molecule has 2 rings (SSSR count). The van der Waals surface area contributed by atoms with Gasteiger partial charge in [-0.2, -0.15) is 13.2 Å². The van der Waals surface area contributed by atoms with Crippen molar-refractivity contribution in [2.24, 2.45) is 0 Å². The van der Waals surface area contributed by atoms with Crippen LogP contribution in [-0.4, -0.2) is 19.1 Å². The number of carbonyl (C=O) groups excluding carboxylic acids is 1. The minimum Gasteiger partial charge on any atom is -0.496 e. The summed E-state index contributed by atoms with van der Waals surface area (Å²) in [6.45, 7) is 0. The second-order valence-electron chi connectivity index (χ2n) is 4.52. The van der Waals surface area contributed by atoms with Gasteiger partial charge < -0.3 is 4.74 Å². The zero-order valence-corrected chi connectivity index (χ0v) is 11.7. The van der Waals surface area contributed by atoms with E-state index in [0.717, 1.165) is 11.1 Å². The molecule has 2 aromatic rings. The van der Waals surface area contributed by atoms with Crippen molar-refractivity contribution in [2.45, 2.75) is 6.18 Å². The molecule has 0 fully saturated rings. The Kier molecular flexibility index (Phi) is 4.65. The number of allylic oxidation sites excluding steroid dienone is 1. The summed E-state index contributed by atoms with van der Waals surface area (Å²) in [5.74, 6) is -2.07. The Bertz CT molecular complexity index is 671. The second kappa shape index (κ2) is 6.47. The Balaban J connectivity index is 2.29. The molecule has 0 amide bonds. The molecule has 0 aliphatic heterocycles. The highest BCUT2D eigenvalue weighted by Gasteiger charge is 2.37. The lowest BCUT2D eigenvalue weighted by molar-refractivity contribution is -0.165. The van der Waals surface area contributed by atoms with Crippen molar-refractivity contribution in [3.63, 3.8) is 0 Å². The molecule has 0 aromatic heterocycles. The topological polar surface area (TPSA) is 26.3 Å². The van der Waals surface area contributed by atoms with Crippen LogP contribution in [0.5, 0.6) is 0 Å². The number of alkyl halides is 3. The maximum Gasteiger partial charge on any atom is 0.454 e. The quantitative estimate of drug-likeness (QED) is 0.615. The third-order valence-corrected chi connectivity index (χ3v) is 3.04. The molecule has 2 aromatic carbocycles. The zero-order valence-electron chi connectivity index (χ0n) is 11.7. The molecular weight excluding hydrogens is 293 g/mol. The van der Waals surface area contributed by atoms with E-state index in [-0.39, 0.29) is 5.76 Å². The van der Waals surface area contributed by atoms with Gasteiger partial charge in [0.2, 0.25) is 0 Å². The van der Waals surface area contributed by atoms with E-state index in [1.807, 2.05) is 30.3 Å². The van der Waals surface area contributed by atoms with Crippen molar-refractivity contribution in [3.05, 3.63) is 66.2 Å². The van der Waals surface area contributed by atoms with Crippen LogP contribution in [0, 0.1) is 0 Å². The van der Waals surface area contributed by atoms with Gasteiger partial charge in [-0.05, 0) is 11.1 Å². The fourth-order valence-corrected chi connectivity index (χ4v) is 1.92. The predicted octanol–water partition coefficient (Wildman–Crippen LogP) is 4.47. The van der Waals surface area contributed by atoms with Crippen molar-refractivity contribution in [1.29, 1.82) is 0 Å². The maximum atomic E-state index is 12.3. The van der Waals surface area contributed by atoms with Gasteiger partial charge in [0, 0.05) is 11.6 Å². The average Bonchev–Trinajstić information content (AvgIpc) is 2.52. The molecule has 0 aliphatic rings. The molecule has 5 heteroatoms. The van der Waals surface area contributed by atoms with Crippen molar-refractivity contribution >= 4 is 11.5 Å². The number of benzene rings is 2. The normalized spacial score (nSPS) is 12.1. The zero-order chi connectivity index (χ0) is 16.2. The van der Waals surface area contributed by atoms with Gasteiger partial charge in [-0.3, -0.25) is 4.79 Å². The summed E-state index contributed by atoms with van der Waals surface area (Å²) in [4.78, 5) is 11.0. The summed E-state index contributed by atoms with van der Waals surface area (Å²) in [5.41, 5.74) is 2.31. The molecule has 0 unspecified atom stereocenters. The number of rotatable bonds is 4. The molecule has 0 radical (unpaired) electrons. The number of carbonyl (C=O) groups is 1. The second-order valence-corrected chi connectivity index (χ2v) is 4.52. The molecule has 0 spiro atoms. The Morgan fingerprint density at radius 2 is 1.50 bits per heavy atom. The van der Waals surface area contributed by atoms with Gasteiger partial charge in [-0.1, -0.05) is 54.6 Å². The number of methoxy groups -OCH3 is 1. The lowest BCUT2D eigenvalue weighted by Crippen LogP contribution is -2.20. The van der Waals surface area contributed by atoms with Gasteiger partial charge in [-0.15, -0.1) is 0 Å². The van der Waals surface area contributed by atoms with Crippen molar-refractivity contribution in [3.8, 4) is 11.1 Å². The van der Waals surface area contributed by atoms with Crippen LogP contribution in [0.1, 0.15) is 5.56 Å². The van der Waals surface area contributed by atoms with E-state index in [1.54, 1.807) is 24.3 Å². The Morgan fingerprint density at radius 3 is 2.00 bits per heavy atom. The van der Waals surface area contributed by atoms with Crippen LogP contribution in [0.3, 0.4) is 0 Å². The summed E-state index contributed by atoms with van der Waals surface area (Å²) in [5, 5.41) is 0. The first kappa shape index (κ1) is 15.8. The van der Waals surface area contributed by atoms with E-state index >= 15 is 0 Å². The number of hydrogen-bond donors (Lipinski definition) is 0. The highest BCUT2D eigenvalue weighted by atomic mass is 19.4. The van der Waals surface area contributed by atoms with E-state index < -0.39 is 12.0 Å². The first-order valence-electron chi connectivity index (χ1n) is 6.44. The smallest absolute Gasteiger partial charge is 0.454 e. The van der Waals surface area contributed by atoms with Crippen LogP contribution in [0.2, 0.25) is 0 Å². The lowest BCUT2D eigenvalue weighted by Gasteiger charge is -2.09. The fourth-order valence-electron chi connectivity index (χ4n) is 1.92. The Hall–Kier alpha value is -2.56. The van der Waals surface area contributed by atoms with E-state index in [2.05, 4.69) is 0 Å². The van der Waals surface area contributed by atoms with Crippen molar-refractivity contribution in [2.75, 3.05) is 7.11 Å². The molecule has 0 N–H and O–H groups in total. The van der Waals surface area contributed by atoms with Crippen molar-refractivity contribution < 1.29 is 22.7 Å². The van der Waals surface area contributed by atoms with Gasteiger partial charge in [-0.25, -0.2) is 0 Å². The van der Waals surface area contributed by atoms with Gasteiger partial charge in [0.15, 0.2) is 0 Å². The summed E-state index contributed by atoms with van der Waals surface area (Å²) in [7, 11) is 1.22. The predicted molar refractivity (Wildman–Crippen MR) is 77.9 cm³/mol. The van der Waals surface area contributed by atoms with Gasteiger partial charge in [0.05, 0.1) is 7.11 Å². The van der Waals surface area contributed by atoms with E-state index in [1.165, 1.54) is 7.11 Å². The first-order chi connectivity index (χ1) is 10.4. The summed E-state index contributed by atoms with van der Waals surface area (Å²) in [6.07, 6.45) is -4.45. The van der Waals surface area contributed by atoms with Crippen LogP contribution in [-0.2, 0) is 9.53 Å². The molecule has 0 saturated carbocycles. The van der Waals surface area contributed by atoms with Crippen LogP contribution >= 0.6 is 0 Å². The van der Waals surface area contributed by atoms with E-state index in [4.69, 9.17) is 4.74 Å². The highest BCUT2D eigenvalue weighted by Crippen LogP contribution is 2.24. The minimum atomic E-state index is -4.91. The number of halogens is 3. The Morgan fingerprint density at radius 1 is 0.955 bits per heavy atom. The Labute approximate surface area is 125 Å². The number of ketones is 1. The molecule has 114 valence electrons. The van der Waals surface area contributed by atoms with Crippen molar-refractivity contribution in [1.82, 2.24) is 0 Å². The maximum absolute atomic E-state index is 12.3. The average molecular weight is 306 g/mol. The van der Waals surface area contributed by atoms with Crippen LogP contribution < -0.4 is 0 Å². The third-order valence-electron chi connectivity index (χ3n) is 3.04.